The summed E-state index contributed by atoms with van der Waals surface area (Å²) in [5.74, 6) is 1.81. The Morgan fingerprint density at radius 1 is 1.19 bits per heavy atom. The summed E-state index contributed by atoms with van der Waals surface area (Å²) in [5, 5.41) is 8.31. The van der Waals surface area contributed by atoms with E-state index in [1.54, 1.807) is 7.11 Å². The van der Waals surface area contributed by atoms with Crippen molar-refractivity contribution < 1.29 is 9.53 Å². The van der Waals surface area contributed by atoms with Gasteiger partial charge in [0.15, 0.2) is 0 Å². The first-order chi connectivity index (χ1) is 15.7. The number of fused-ring (bicyclic) bond motifs is 3. The van der Waals surface area contributed by atoms with E-state index in [1.807, 2.05) is 29.1 Å². The summed E-state index contributed by atoms with van der Waals surface area (Å²) >= 11 is 0. The van der Waals surface area contributed by atoms with Crippen molar-refractivity contribution in [2.75, 3.05) is 51.3 Å². The van der Waals surface area contributed by atoms with Gasteiger partial charge < -0.3 is 20.3 Å². The molecule has 9 heteroatoms. The second-order valence-electron chi connectivity index (χ2n) is 9.16. The predicted molar refractivity (Wildman–Crippen MR) is 121 cm³/mol. The molecule has 0 aliphatic carbocycles. The second-order valence-corrected chi connectivity index (χ2v) is 9.16. The number of nitrogens with two attached hydrogens (primary N) is 1. The topological polar surface area (TPSA) is 92.8 Å². The van der Waals surface area contributed by atoms with Crippen LogP contribution in [0, 0.1) is 11.8 Å². The van der Waals surface area contributed by atoms with Crippen molar-refractivity contribution in [1.82, 2.24) is 24.8 Å². The lowest BCUT2D eigenvalue weighted by Crippen LogP contribution is -2.60. The van der Waals surface area contributed by atoms with E-state index >= 15 is 0 Å². The van der Waals surface area contributed by atoms with Crippen LogP contribution in [0.2, 0.25) is 0 Å². The lowest BCUT2D eigenvalue weighted by atomic mass is 9.75. The molecule has 1 aromatic heterocycles. The smallest absolute Gasteiger partial charge is 0.227 e. The van der Waals surface area contributed by atoms with E-state index in [2.05, 4.69) is 31.1 Å². The quantitative estimate of drug-likeness (QED) is 0.712. The van der Waals surface area contributed by atoms with Crippen molar-refractivity contribution >= 4 is 11.6 Å². The Morgan fingerprint density at radius 3 is 2.69 bits per heavy atom. The van der Waals surface area contributed by atoms with Gasteiger partial charge in [-0.05, 0) is 37.4 Å². The zero-order valence-electron chi connectivity index (χ0n) is 18.8. The highest BCUT2D eigenvalue weighted by Crippen LogP contribution is 2.38. The summed E-state index contributed by atoms with van der Waals surface area (Å²) in [4.78, 5) is 20.3. The van der Waals surface area contributed by atoms with Crippen LogP contribution in [0.5, 0.6) is 5.75 Å². The van der Waals surface area contributed by atoms with Crippen molar-refractivity contribution in [3.8, 4) is 5.75 Å². The summed E-state index contributed by atoms with van der Waals surface area (Å²) in [6, 6.07) is 8.53. The number of piperidine rings is 3. The molecule has 4 saturated heterocycles. The van der Waals surface area contributed by atoms with Crippen LogP contribution in [0.3, 0.4) is 0 Å². The molecule has 0 radical (unpaired) electrons. The zero-order valence-corrected chi connectivity index (χ0v) is 18.8. The Hall–Kier alpha value is -2.65. The maximum absolute atomic E-state index is 13.4. The van der Waals surface area contributed by atoms with Gasteiger partial charge in [0.05, 0.1) is 31.0 Å². The highest BCUT2D eigenvalue weighted by atomic mass is 16.5. The summed E-state index contributed by atoms with van der Waals surface area (Å²) in [7, 11) is 1.71. The van der Waals surface area contributed by atoms with Crippen LogP contribution in [-0.4, -0.2) is 83.1 Å². The van der Waals surface area contributed by atoms with Crippen molar-refractivity contribution in [3.05, 3.63) is 36.2 Å². The monoisotopic (exact) mass is 439 g/mol. The third-order valence-corrected chi connectivity index (χ3v) is 7.41. The van der Waals surface area contributed by atoms with E-state index in [9.17, 15) is 4.79 Å². The molecule has 4 atom stereocenters. The second kappa shape index (κ2) is 9.07. The number of para-hydroxylation sites is 2. The van der Waals surface area contributed by atoms with E-state index in [1.165, 1.54) is 0 Å². The fourth-order valence-corrected chi connectivity index (χ4v) is 5.64. The number of nitrogens with zero attached hydrogens (tertiary/aromatic N) is 6. The Bertz CT molecular complexity index is 940. The van der Waals surface area contributed by atoms with Gasteiger partial charge in [-0.3, -0.25) is 14.4 Å². The molecule has 1 amide bonds. The SMILES string of the molecule is COc1ccccc1N1CCN(C(=O)[C@H]2CN3CC[C@H]2C[C@@H]3Cn2cc(CN)nn2)CC1. The van der Waals surface area contributed by atoms with Gasteiger partial charge in [-0.15, -0.1) is 5.10 Å². The average molecular weight is 440 g/mol. The van der Waals surface area contributed by atoms with Crippen LogP contribution in [0.15, 0.2) is 30.5 Å². The molecule has 4 fully saturated rings. The number of hydrogen-bond acceptors (Lipinski definition) is 7. The van der Waals surface area contributed by atoms with Crippen LogP contribution in [0.25, 0.3) is 0 Å². The van der Waals surface area contributed by atoms with Crippen LogP contribution >= 0.6 is 0 Å². The maximum Gasteiger partial charge on any atom is 0.227 e. The molecule has 4 aliphatic heterocycles. The lowest BCUT2D eigenvalue weighted by molar-refractivity contribution is -0.144. The number of methoxy groups -OCH3 is 1. The van der Waals surface area contributed by atoms with Gasteiger partial charge in [0.1, 0.15) is 5.75 Å². The number of carbonyl (C=O) groups excluding carboxylic acids is 1. The minimum Gasteiger partial charge on any atom is -0.495 e. The minimum atomic E-state index is 0.119. The standard InChI is InChI=1S/C23H33N7O2/c1-32-22-5-3-2-4-21(22)27-8-10-28(11-9-27)23(31)20-16-29-7-6-17(20)12-19(29)15-30-14-18(13-24)25-26-30/h2-5,14,17,19-20H,6-13,15-16,24H2,1H3/t17-,19+,20-/m0/s1. The van der Waals surface area contributed by atoms with Crippen molar-refractivity contribution in [2.24, 2.45) is 17.6 Å². The largest absolute Gasteiger partial charge is 0.495 e. The number of piperazine rings is 1. The molecule has 9 nitrogen and oxygen atoms in total. The molecule has 2 N–H and O–H groups in total. The van der Waals surface area contributed by atoms with Gasteiger partial charge in [0, 0.05) is 51.5 Å². The number of amides is 1. The molecule has 2 aromatic rings. The Balaban J connectivity index is 1.17. The van der Waals surface area contributed by atoms with Crippen LogP contribution in [-0.2, 0) is 17.9 Å². The third-order valence-electron chi connectivity index (χ3n) is 7.41. The van der Waals surface area contributed by atoms with E-state index in [-0.39, 0.29) is 5.92 Å². The summed E-state index contributed by atoms with van der Waals surface area (Å²) in [5.41, 5.74) is 7.59. The summed E-state index contributed by atoms with van der Waals surface area (Å²) < 4.78 is 7.42. The Labute approximate surface area is 189 Å². The number of benzene rings is 1. The number of anilines is 1. The molecule has 1 unspecified atom stereocenters. The van der Waals surface area contributed by atoms with Gasteiger partial charge in [0.2, 0.25) is 5.91 Å². The molecule has 32 heavy (non-hydrogen) atoms. The van der Waals surface area contributed by atoms with E-state index in [0.717, 1.165) is 75.8 Å². The number of carbonyl (C=O) groups is 1. The predicted octanol–water partition coefficient (Wildman–Crippen LogP) is 0.805. The first kappa shape index (κ1) is 21.2. The summed E-state index contributed by atoms with van der Waals surface area (Å²) in [6.45, 7) is 6.38. The minimum absolute atomic E-state index is 0.119. The zero-order chi connectivity index (χ0) is 22.1. The number of hydrogen-bond donors (Lipinski definition) is 1. The van der Waals surface area contributed by atoms with Crippen LogP contribution < -0.4 is 15.4 Å². The first-order valence-corrected chi connectivity index (χ1v) is 11.7. The molecular formula is C23H33N7O2. The average Bonchev–Trinajstić information content (AvgIpc) is 3.31. The highest BCUT2D eigenvalue weighted by Gasteiger charge is 2.44. The molecule has 172 valence electrons. The van der Waals surface area contributed by atoms with Crippen LogP contribution in [0.1, 0.15) is 18.5 Å². The number of ether oxygens (including phenoxy) is 1. The van der Waals surface area contributed by atoms with Gasteiger partial charge in [-0.2, -0.15) is 0 Å². The van der Waals surface area contributed by atoms with Gasteiger partial charge in [-0.25, -0.2) is 0 Å². The normalized spacial score (nSPS) is 27.6. The first-order valence-electron chi connectivity index (χ1n) is 11.7. The molecular weight excluding hydrogens is 406 g/mol. The maximum atomic E-state index is 13.4. The molecule has 4 aliphatic rings. The van der Waals surface area contributed by atoms with Crippen molar-refractivity contribution in [2.45, 2.75) is 32.0 Å². The van der Waals surface area contributed by atoms with Gasteiger partial charge in [-0.1, -0.05) is 17.3 Å². The molecule has 0 spiro atoms. The molecule has 2 bridgehead atoms. The summed E-state index contributed by atoms with van der Waals surface area (Å²) in [6.07, 6.45) is 4.10. The van der Waals surface area contributed by atoms with Crippen molar-refractivity contribution in [3.63, 3.8) is 0 Å². The number of rotatable bonds is 6. The highest BCUT2D eigenvalue weighted by molar-refractivity contribution is 5.80. The van der Waals surface area contributed by atoms with Gasteiger partial charge in [0.25, 0.3) is 0 Å². The van der Waals surface area contributed by atoms with E-state index in [4.69, 9.17) is 10.5 Å². The molecule has 6 rings (SSSR count). The van der Waals surface area contributed by atoms with E-state index in [0.29, 0.717) is 24.4 Å². The van der Waals surface area contributed by atoms with E-state index < -0.39 is 0 Å². The van der Waals surface area contributed by atoms with Gasteiger partial charge >= 0.3 is 0 Å². The van der Waals surface area contributed by atoms with Crippen LogP contribution in [0.4, 0.5) is 5.69 Å². The third kappa shape index (κ3) is 4.06. The fourth-order valence-electron chi connectivity index (χ4n) is 5.64. The van der Waals surface area contributed by atoms with Crippen molar-refractivity contribution in [1.29, 1.82) is 0 Å². The Morgan fingerprint density at radius 2 is 2.00 bits per heavy atom. The number of aromatic nitrogens is 3. The fraction of sp³-hybridized carbons (Fsp3) is 0.609. The molecule has 1 aromatic carbocycles. The lowest BCUT2D eigenvalue weighted by Gasteiger charge is -2.50. The molecule has 0 saturated carbocycles. The Kier molecular flexibility index (Phi) is 6.01. The molecule has 5 heterocycles.